The van der Waals surface area contributed by atoms with Gasteiger partial charge in [0, 0.05) is 0 Å². The van der Waals surface area contributed by atoms with Crippen LogP contribution in [0.2, 0.25) is 0 Å². The summed E-state index contributed by atoms with van der Waals surface area (Å²) in [6.07, 6.45) is 0. The van der Waals surface area contributed by atoms with Crippen LogP contribution in [0.15, 0.2) is 0 Å². The van der Waals surface area contributed by atoms with Crippen LogP contribution >= 0.6 is 0 Å². The Morgan fingerprint density at radius 2 is 1.30 bits per heavy atom. The van der Waals surface area contributed by atoms with Crippen LogP contribution in [0.5, 0.6) is 0 Å². The van der Waals surface area contributed by atoms with E-state index in [4.69, 9.17) is 22.5 Å². The van der Waals surface area contributed by atoms with Gasteiger partial charge in [-0.2, -0.15) is 8.42 Å². The largest absolute Gasteiger partial charge is 1.00 e. The summed E-state index contributed by atoms with van der Waals surface area (Å²) >= 11 is 0. The van der Waals surface area contributed by atoms with Crippen LogP contribution in [0.3, 0.4) is 0 Å². The third-order valence-electron chi connectivity index (χ3n) is 0. The van der Waals surface area contributed by atoms with Crippen molar-refractivity contribution in [1.29, 1.82) is 0 Å². The second-order valence-electron chi connectivity index (χ2n) is 0.708. The minimum absolute atomic E-state index is 0. The Labute approximate surface area is 68.4 Å². The van der Waals surface area contributed by atoms with Gasteiger partial charge in [0.15, 0.2) is 0 Å². The molecule has 0 aromatic heterocycles. The van der Waals surface area contributed by atoms with Crippen LogP contribution in [-0.4, -0.2) is 25.0 Å². The zero-order chi connectivity index (χ0) is 8.08. The average Bonchev–Trinajstić information content (AvgIpc) is 1.19. The third-order valence-corrected chi connectivity index (χ3v) is 0. The maximum Gasteiger partial charge on any atom is 1.00 e. The van der Waals surface area contributed by atoms with E-state index in [0.717, 1.165) is 0 Å². The van der Waals surface area contributed by atoms with Gasteiger partial charge in [0.2, 0.25) is 0 Å². The fourth-order valence-electron chi connectivity index (χ4n) is 0. The van der Waals surface area contributed by atoms with Crippen molar-refractivity contribution in [2.45, 2.75) is 0 Å². The summed E-state index contributed by atoms with van der Waals surface area (Å²) in [6.45, 7) is 0. The molecule has 0 radical (unpaired) electrons. The Kier molecular flexibility index (Phi) is 12.5. The van der Waals surface area contributed by atoms with E-state index in [-0.39, 0.29) is 18.9 Å². The average molecular weight is 170 g/mol. The van der Waals surface area contributed by atoms with Crippen LogP contribution in [0, 0.1) is 0 Å². The third kappa shape index (κ3) is 3640. The molecule has 0 spiro atoms. The van der Waals surface area contributed by atoms with Gasteiger partial charge in [-0.1, -0.05) is 0 Å². The quantitative estimate of drug-likeness (QED) is 0.282. The summed E-state index contributed by atoms with van der Waals surface area (Å²) in [4.78, 5) is 0. The number of rotatable bonds is 0. The first-order chi connectivity index (χ1) is 3.73. The Bertz CT molecular complexity index is 131. The summed E-state index contributed by atoms with van der Waals surface area (Å²) in [6, 6.07) is 0. The molecule has 0 aliphatic heterocycles. The van der Waals surface area contributed by atoms with Crippen molar-refractivity contribution in [3.8, 4) is 0 Å². The van der Waals surface area contributed by atoms with Crippen LogP contribution in [-0.2, 0) is 10.4 Å². The van der Waals surface area contributed by atoms with Gasteiger partial charge in [-0.15, -0.1) is 0 Å². The van der Waals surface area contributed by atoms with Crippen molar-refractivity contribution in [2.75, 3.05) is 0 Å². The predicted molar refractivity (Wildman–Crippen MR) is 22.1 cm³/mol. The fourth-order valence-corrected chi connectivity index (χ4v) is 0. The Morgan fingerprint density at radius 3 is 1.30 bits per heavy atom. The minimum Gasteiger partial charge on any atom is -0.824 e. The molecule has 0 heterocycles. The Balaban J connectivity index is -0.0000000910. The molecule has 0 aliphatic rings. The fraction of sp³-hybridized carbons (Fsp3) is 0. The summed E-state index contributed by atoms with van der Waals surface area (Å²) < 4.78 is 51.1. The molecule has 2 N–H and O–H groups in total. The number of hydrogen-bond acceptors (Lipinski definition) is 3. The van der Waals surface area contributed by atoms with Crippen molar-refractivity contribution in [3.63, 3.8) is 0 Å². The molecule has 0 aromatic carbocycles. The van der Waals surface area contributed by atoms with Gasteiger partial charge >= 0.3 is 36.7 Å². The molecule has 0 unspecified atom stereocenters. The molecule has 56 valence electrons. The standard InChI is InChI=1S/BF2O.Li.H2O4S/c2-1(3)4;;1-5(2,3)4/h;;(H2,1,2,3,4)/q-1;+1;. The van der Waals surface area contributed by atoms with Gasteiger partial charge in [-0.25, -0.2) is 0 Å². The summed E-state index contributed by atoms with van der Waals surface area (Å²) in [7, 11) is -8.08. The first kappa shape index (κ1) is 16.8. The molecule has 0 amide bonds. The van der Waals surface area contributed by atoms with Crippen molar-refractivity contribution in [1.82, 2.24) is 0 Å². The summed E-state index contributed by atoms with van der Waals surface area (Å²) in [5.41, 5.74) is 0. The van der Waals surface area contributed by atoms with Crippen LogP contribution < -0.4 is 23.9 Å². The normalized spacial score (nSPS) is 8.50. The summed E-state index contributed by atoms with van der Waals surface area (Å²) in [5, 5.41) is 8.19. The van der Waals surface area contributed by atoms with Crippen molar-refractivity contribution < 1.29 is 50.0 Å². The zero-order valence-corrected chi connectivity index (χ0v) is 5.68. The first-order valence-corrected chi connectivity index (χ1v) is 2.77. The molecular formula is H2BF2LiO5S. The Hall–Kier alpha value is 0.352. The first-order valence-electron chi connectivity index (χ1n) is 1.37. The monoisotopic (exact) mass is 170 g/mol. The van der Waals surface area contributed by atoms with E-state index in [1.807, 2.05) is 0 Å². The molecule has 0 aromatic rings. The van der Waals surface area contributed by atoms with E-state index in [1.54, 1.807) is 0 Å². The van der Waals surface area contributed by atoms with Crippen LogP contribution in [0.1, 0.15) is 0 Å². The zero-order valence-electron chi connectivity index (χ0n) is 4.86. The maximum atomic E-state index is 9.78. The van der Waals surface area contributed by atoms with E-state index in [9.17, 15) is 8.63 Å². The SMILES string of the molecule is O=S(=O)(O)O.[Li+].[O-]B(F)F. The molecule has 0 bridgehead atoms. The van der Waals surface area contributed by atoms with Crippen molar-refractivity contribution in [3.05, 3.63) is 0 Å². The molecule has 0 rings (SSSR count). The van der Waals surface area contributed by atoms with Crippen LogP contribution in [0.25, 0.3) is 0 Å². The molecular weight excluding hydrogens is 168 g/mol. The topological polar surface area (TPSA) is 97.7 Å². The van der Waals surface area contributed by atoms with Gasteiger partial charge in [0.1, 0.15) is 0 Å². The molecule has 5 nitrogen and oxygen atoms in total. The molecule has 0 saturated carbocycles. The van der Waals surface area contributed by atoms with Gasteiger partial charge in [-0.05, 0) is 0 Å². The molecule has 0 aliphatic carbocycles. The molecule has 10 heteroatoms. The molecule has 0 fully saturated rings. The number of halogens is 2. The number of hydrogen-bond donors (Lipinski definition) is 2. The van der Waals surface area contributed by atoms with E-state index < -0.39 is 17.9 Å². The maximum absolute atomic E-state index is 9.78. The summed E-state index contributed by atoms with van der Waals surface area (Å²) in [5.74, 6) is 0. The second kappa shape index (κ2) is 7.46. The molecule has 10 heavy (non-hydrogen) atoms. The van der Waals surface area contributed by atoms with Gasteiger partial charge in [0.25, 0.3) is 0 Å². The Morgan fingerprint density at radius 1 is 1.30 bits per heavy atom. The minimum atomic E-state index is -4.67. The smallest absolute Gasteiger partial charge is 0.824 e. The predicted octanol–water partition coefficient (Wildman–Crippen LogP) is -4.38. The van der Waals surface area contributed by atoms with E-state index in [1.165, 1.54) is 0 Å². The van der Waals surface area contributed by atoms with E-state index in [2.05, 4.69) is 0 Å². The van der Waals surface area contributed by atoms with Crippen LogP contribution in [0.4, 0.5) is 8.63 Å². The molecule has 0 atom stereocenters. The van der Waals surface area contributed by atoms with E-state index in [0.29, 0.717) is 0 Å². The second-order valence-corrected chi connectivity index (χ2v) is 1.60. The van der Waals surface area contributed by atoms with Crippen molar-refractivity contribution in [2.24, 2.45) is 0 Å². The van der Waals surface area contributed by atoms with Gasteiger partial charge < -0.3 is 13.7 Å². The van der Waals surface area contributed by atoms with Gasteiger partial charge in [-0.3, -0.25) is 9.11 Å². The molecule has 0 saturated heterocycles. The van der Waals surface area contributed by atoms with Gasteiger partial charge in [0.05, 0.1) is 0 Å². The van der Waals surface area contributed by atoms with E-state index >= 15 is 0 Å². The van der Waals surface area contributed by atoms with Crippen molar-refractivity contribution >= 4 is 17.9 Å².